The molecule has 0 bridgehead atoms. The van der Waals surface area contributed by atoms with Crippen molar-refractivity contribution in [3.63, 3.8) is 0 Å². The minimum absolute atomic E-state index is 0.174. The smallest absolute Gasteiger partial charge is 0.316 e. The third kappa shape index (κ3) is 3.56. The number of primary amides is 1. The van der Waals surface area contributed by atoms with Crippen LogP contribution in [0.4, 0.5) is 5.95 Å². The van der Waals surface area contributed by atoms with Gasteiger partial charge in [-0.25, -0.2) is 9.97 Å². The molecule has 3 heterocycles. The minimum Gasteiger partial charge on any atom is -0.361 e. The second kappa shape index (κ2) is 6.44. The largest absolute Gasteiger partial charge is 0.361 e. The first kappa shape index (κ1) is 16.8. The molecule has 128 valence electrons. The molecule has 9 nitrogen and oxygen atoms in total. The summed E-state index contributed by atoms with van der Waals surface area (Å²) in [7, 11) is 0. The van der Waals surface area contributed by atoms with Crippen LogP contribution in [0.5, 0.6) is 0 Å². The lowest BCUT2D eigenvalue weighted by Crippen LogP contribution is -2.30. The third-order valence-electron chi connectivity index (χ3n) is 3.32. The van der Waals surface area contributed by atoms with Crippen LogP contribution in [0.3, 0.4) is 0 Å². The maximum Gasteiger partial charge on any atom is 0.316 e. The van der Waals surface area contributed by atoms with Gasteiger partial charge in [-0.3, -0.25) is 9.78 Å². The lowest BCUT2D eigenvalue weighted by Gasteiger charge is -2.26. The number of halogens is 1. The van der Waals surface area contributed by atoms with Gasteiger partial charge in [0.1, 0.15) is 0 Å². The highest BCUT2D eigenvalue weighted by Crippen LogP contribution is 2.28. The Morgan fingerprint density at radius 2 is 2.00 bits per heavy atom. The topological polar surface area (TPSA) is 133 Å². The van der Waals surface area contributed by atoms with Crippen molar-refractivity contribution in [2.75, 3.05) is 5.32 Å². The van der Waals surface area contributed by atoms with Gasteiger partial charge in [-0.15, -0.1) is 0 Å². The van der Waals surface area contributed by atoms with Gasteiger partial charge in [-0.1, -0.05) is 16.8 Å². The number of hydrogen-bond donors (Lipinski definition) is 2. The molecule has 0 saturated carbocycles. The highest BCUT2D eigenvalue weighted by molar-refractivity contribution is 6.31. The predicted octanol–water partition coefficient (Wildman–Crippen LogP) is 2.02. The number of anilines is 1. The number of nitrogens with two attached hydrogens (primary N) is 1. The number of aromatic nitrogens is 5. The molecule has 0 unspecified atom stereocenters. The molecule has 0 aliphatic rings. The van der Waals surface area contributed by atoms with Crippen LogP contribution in [-0.4, -0.2) is 31.0 Å². The summed E-state index contributed by atoms with van der Waals surface area (Å²) in [5.74, 6) is -0.531. The van der Waals surface area contributed by atoms with Gasteiger partial charge >= 0.3 is 11.8 Å². The van der Waals surface area contributed by atoms with E-state index in [1.54, 1.807) is 18.3 Å². The average Bonchev–Trinajstić information content (AvgIpc) is 3.06. The van der Waals surface area contributed by atoms with Crippen LogP contribution in [-0.2, 0) is 5.54 Å². The van der Waals surface area contributed by atoms with Crippen LogP contribution < -0.4 is 11.1 Å². The zero-order valence-corrected chi connectivity index (χ0v) is 14.2. The Morgan fingerprint density at radius 3 is 2.60 bits per heavy atom. The fourth-order valence-electron chi connectivity index (χ4n) is 2.13. The van der Waals surface area contributed by atoms with E-state index in [1.165, 1.54) is 12.4 Å². The predicted molar refractivity (Wildman–Crippen MR) is 89.7 cm³/mol. The first-order valence-corrected chi connectivity index (χ1v) is 7.60. The van der Waals surface area contributed by atoms with Gasteiger partial charge < -0.3 is 15.6 Å². The van der Waals surface area contributed by atoms with Gasteiger partial charge in [-0.2, -0.15) is 4.98 Å². The molecule has 0 saturated heterocycles. The van der Waals surface area contributed by atoms with E-state index in [0.717, 1.165) is 0 Å². The lowest BCUT2D eigenvalue weighted by molar-refractivity contribution is 0.0958. The number of pyridine rings is 1. The maximum absolute atomic E-state index is 11.0. The quantitative estimate of drug-likeness (QED) is 0.706. The Bertz CT molecular complexity index is 908. The lowest BCUT2D eigenvalue weighted by atomic mass is 10.00. The van der Waals surface area contributed by atoms with Crippen LogP contribution in [0, 0.1) is 0 Å². The number of nitrogens with one attached hydrogen (secondary N) is 1. The van der Waals surface area contributed by atoms with Gasteiger partial charge in [0.05, 0.1) is 21.8 Å². The number of hydrogen-bond acceptors (Lipinski definition) is 8. The first-order chi connectivity index (χ1) is 11.9. The number of carbonyl (C=O) groups is 1. The summed E-state index contributed by atoms with van der Waals surface area (Å²) in [5, 5.41) is 7.37. The van der Waals surface area contributed by atoms with Crippen LogP contribution in [0.15, 0.2) is 35.2 Å². The molecular weight excluding hydrogens is 346 g/mol. The van der Waals surface area contributed by atoms with E-state index in [-0.39, 0.29) is 11.7 Å². The van der Waals surface area contributed by atoms with Crippen molar-refractivity contribution in [1.29, 1.82) is 0 Å². The maximum atomic E-state index is 11.0. The van der Waals surface area contributed by atoms with E-state index in [4.69, 9.17) is 21.9 Å². The summed E-state index contributed by atoms with van der Waals surface area (Å²) in [4.78, 5) is 27.6. The van der Waals surface area contributed by atoms with E-state index in [2.05, 4.69) is 30.4 Å². The Balaban J connectivity index is 1.80. The van der Waals surface area contributed by atoms with Crippen molar-refractivity contribution in [3.05, 3.63) is 47.3 Å². The van der Waals surface area contributed by atoms with Gasteiger partial charge in [0.2, 0.25) is 11.8 Å². The molecule has 1 amide bonds. The van der Waals surface area contributed by atoms with Crippen LogP contribution >= 0.6 is 11.6 Å². The van der Waals surface area contributed by atoms with Gasteiger partial charge in [0, 0.05) is 18.6 Å². The molecular formula is C15H14ClN7O2. The number of amides is 1. The van der Waals surface area contributed by atoms with E-state index in [0.29, 0.717) is 22.2 Å². The molecule has 0 aromatic carbocycles. The number of rotatable bonds is 5. The molecule has 10 heteroatoms. The van der Waals surface area contributed by atoms with Gasteiger partial charge in [-0.05, 0) is 26.0 Å². The summed E-state index contributed by atoms with van der Waals surface area (Å²) >= 11 is 6.20. The monoisotopic (exact) mass is 359 g/mol. The standard InChI is InChI=1S/C15H14ClN7O2/c1-15(2,10-9(16)4-3-5-18-10)22-14-19-6-8(7-20-14)12-21-13(11(17)24)25-23-12/h3-7H,1-2H3,(H2,17,24)(H,19,20,22). The van der Waals surface area contributed by atoms with Gasteiger partial charge in [0.15, 0.2) is 0 Å². The zero-order chi connectivity index (χ0) is 18.0. The molecule has 0 aliphatic heterocycles. The van der Waals surface area contributed by atoms with Crippen molar-refractivity contribution in [1.82, 2.24) is 25.1 Å². The Labute approximate surface area is 147 Å². The van der Waals surface area contributed by atoms with E-state index >= 15 is 0 Å². The third-order valence-corrected chi connectivity index (χ3v) is 3.63. The molecule has 0 spiro atoms. The molecule has 0 aliphatic carbocycles. The highest BCUT2D eigenvalue weighted by atomic mass is 35.5. The molecule has 0 atom stereocenters. The van der Waals surface area contributed by atoms with Gasteiger partial charge in [0.25, 0.3) is 0 Å². The Morgan fingerprint density at radius 1 is 1.28 bits per heavy atom. The van der Waals surface area contributed by atoms with Crippen molar-refractivity contribution in [2.45, 2.75) is 19.4 Å². The molecule has 25 heavy (non-hydrogen) atoms. The number of nitrogens with zero attached hydrogens (tertiary/aromatic N) is 5. The molecule has 3 rings (SSSR count). The van der Waals surface area contributed by atoms with Crippen molar-refractivity contribution < 1.29 is 9.32 Å². The van der Waals surface area contributed by atoms with Crippen molar-refractivity contribution >= 4 is 23.5 Å². The molecule has 3 aromatic heterocycles. The fraction of sp³-hybridized carbons (Fsp3) is 0.200. The van der Waals surface area contributed by atoms with Crippen molar-refractivity contribution in [2.24, 2.45) is 5.73 Å². The Kier molecular flexibility index (Phi) is 4.32. The second-order valence-electron chi connectivity index (χ2n) is 5.67. The summed E-state index contributed by atoms with van der Waals surface area (Å²) in [5.41, 5.74) is 5.64. The second-order valence-corrected chi connectivity index (χ2v) is 6.07. The molecule has 0 radical (unpaired) electrons. The fourth-order valence-corrected chi connectivity index (χ4v) is 2.49. The average molecular weight is 360 g/mol. The number of carbonyl (C=O) groups excluding carboxylic acids is 1. The highest BCUT2D eigenvalue weighted by Gasteiger charge is 2.25. The van der Waals surface area contributed by atoms with Crippen LogP contribution in [0.25, 0.3) is 11.4 Å². The zero-order valence-electron chi connectivity index (χ0n) is 13.4. The SMILES string of the molecule is CC(C)(Nc1ncc(-c2noc(C(N)=O)n2)cn1)c1ncccc1Cl. The first-order valence-electron chi connectivity index (χ1n) is 7.22. The molecule has 3 N–H and O–H groups in total. The van der Waals surface area contributed by atoms with E-state index < -0.39 is 11.4 Å². The minimum atomic E-state index is -0.799. The van der Waals surface area contributed by atoms with Crippen LogP contribution in [0.1, 0.15) is 30.2 Å². The summed E-state index contributed by atoms with van der Waals surface area (Å²) in [6, 6.07) is 3.53. The normalized spacial score (nSPS) is 11.3. The Hall–Kier alpha value is -3.07. The van der Waals surface area contributed by atoms with Crippen LogP contribution in [0.2, 0.25) is 5.02 Å². The van der Waals surface area contributed by atoms with Crippen molar-refractivity contribution in [3.8, 4) is 11.4 Å². The summed E-state index contributed by atoms with van der Waals surface area (Å²) < 4.78 is 4.73. The molecule has 3 aromatic rings. The summed E-state index contributed by atoms with van der Waals surface area (Å²) in [6.45, 7) is 3.83. The summed E-state index contributed by atoms with van der Waals surface area (Å²) in [6.07, 6.45) is 4.67. The van der Waals surface area contributed by atoms with E-state index in [1.807, 2.05) is 13.8 Å². The molecule has 0 fully saturated rings. The van der Waals surface area contributed by atoms with E-state index in [9.17, 15) is 4.79 Å².